The second kappa shape index (κ2) is 2.80. The topological polar surface area (TPSA) is 25.8 Å². The van der Waals surface area contributed by atoms with Crippen LogP contribution in [0.5, 0.6) is 0 Å². The summed E-state index contributed by atoms with van der Waals surface area (Å²) in [6, 6.07) is 3.93. The van der Waals surface area contributed by atoms with Gasteiger partial charge >= 0.3 is 6.08 Å². The Kier molecular flexibility index (Phi) is 1.76. The lowest BCUT2D eigenvalue weighted by Gasteiger charge is -2.02. The molecule has 0 aliphatic rings. The van der Waals surface area contributed by atoms with Crippen molar-refractivity contribution >= 4 is 24.2 Å². The van der Waals surface area contributed by atoms with Gasteiger partial charge in [0.15, 0.2) is 0 Å². The molecule has 2 aromatic rings. The molecule has 1 aromatic heterocycles. The minimum atomic E-state index is -0.667. The number of nitrogens with zero attached hydrogens (tertiary/aromatic N) is 2. The van der Waals surface area contributed by atoms with E-state index in [4.69, 9.17) is 0 Å². The molecule has 0 saturated carbocycles. The number of aromatic nitrogens is 2. The summed E-state index contributed by atoms with van der Waals surface area (Å²) < 4.78 is 12.7. The molecule has 0 N–H and O–H groups in total. The lowest BCUT2D eigenvalue weighted by Crippen LogP contribution is -2.04. The molecule has 0 saturated heterocycles. The Morgan fingerprint density at radius 1 is 1.38 bits per heavy atom. The number of fused-ring (bicyclic) bond motifs is 1. The predicted molar refractivity (Wildman–Crippen MR) is 52.4 cm³/mol. The molecule has 0 unspecified atom stereocenters. The fraction of sp³-hybridized carbons (Fsp3) is 0.111. The Balaban J connectivity index is 2.87. The Labute approximate surface area is 76.2 Å². The first kappa shape index (κ1) is 8.17. The van der Waals surface area contributed by atoms with Crippen LogP contribution in [0.15, 0.2) is 18.3 Å². The maximum absolute atomic E-state index is 12.7. The molecular weight excluding hydrogens is 166 g/mol. The lowest BCUT2D eigenvalue weighted by molar-refractivity contribution is 0.544. The maximum Gasteiger partial charge on any atom is 0.309 e. The highest BCUT2D eigenvalue weighted by Gasteiger charge is 2.02. The first-order valence-corrected chi connectivity index (χ1v) is 4.06. The van der Waals surface area contributed by atoms with Crippen LogP contribution in [0.25, 0.3) is 10.9 Å². The van der Waals surface area contributed by atoms with Gasteiger partial charge in [-0.1, -0.05) is 17.6 Å². The van der Waals surface area contributed by atoms with Crippen molar-refractivity contribution in [1.82, 2.24) is 9.97 Å². The van der Waals surface area contributed by atoms with Crippen molar-refractivity contribution in [2.24, 2.45) is 0 Å². The first-order chi connectivity index (χ1) is 6.16. The number of aryl methyl sites for hydroxylation is 1. The van der Waals surface area contributed by atoms with Crippen LogP contribution in [-0.4, -0.2) is 17.8 Å². The molecule has 13 heavy (non-hydrogen) atoms. The van der Waals surface area contributed by atoms with E-state index in [9.17, 15) is 4.39 Å². The second-order valence-electron chi connectivity index (χ2n) is 3.16. The minimum absolute atomic E-state index is 0.667. The van der Waals surface area contributed by atoms with Crippen molar-refractivity contribution in [3.05, 3.63) is 30.0 Å². The highest BCUT2D eigenvalue weighted by Crippen LogP contribution is 2.12. The highest BCUT2D eigenvalue weighted by atomic mass is 19.1. The van der Waals surface area contributed by atoms with Gasteiger partial charge in [-0.25, -0.2) is 9.97 Å². The third-order valence-corrected chi connectivity index (χ3v) is 1.99. The molecule has 0 radical (unpaired) electrons. The van der Waals surface area contributed by atoms with Crippen molar-refractivity contribution in [1.29, 1.82) is 0 Å². The molecule has 64 valence electrons. The molecular formula is C9H8BFN2. The quantitative estimate of drug-likeness (QED) is 0.425. The number of halogens is 1. The Morgan fingerprint density at radius 3 is 2.92 bits per heavy atom. The smallest absolute Gasteiger partial charge is 0.210 e. The summed E-state index contributed by atoms with van der Waals surface area (Å²) in [5.74, 6) is 0. The second-order valence-corrected chi connectivity index (χ2v) is 3.16. The van der Waals surface area contributed by atoms with Gasteiger partial charge in [-0.15, -0.1) is 0 Å². The van der Waals surface area contributed by atoms with Crippen LogP contribution in [0.3, 0.4) is 0 Å². The summed E-state index contributed by atoms with van der Waals surface area (Å²) in [4.78, 5) is 7.25. The van der Waals surface area contributed by atoms with Crippen molar-refractivity contribution < 1.29 is 4.39 Å². The third-order valence-electron chi connectivity index (χ3n) is 1.99. The van der Waals surface area contributed by atoms with Gasteiger partial charge in [0.05, 0.1) is 5.52 Å². The Bertz CT molecular complexity index is 470. The molecule has 0 amide bonds. The van der Waals surface area contributed by atoms with Crippen LogP contribution in [0.4, 0.5) is 4.39 Å². The zero-order valence-corrected chi connectivity index (χ0v) is 7.50. The largest absolute Gasteiger partial charge is 0.309 e. The molecule has 0 aliphatic heterocycles. The first-order valence-electron chi connectivity index (χ1n) is 4.06. The molecule has 4 heteroatoms. The van der Waals surface area contributed by atoms with Gasteiger partial charge in [0.1, 0.15) is 7.85 Å². The van der Waals surface area contributed by atoms with Gasteiger partial charge in [-0.3, -0.25) is 0 Å². The molecule has 0 aliphatic carbocycles. The van der Waals surface area contributed by atoms with E-state index in [1.54, 1.807) is 0 Å². The van der Waals surface area contributed by atoms with E-state index >= 15 is 0 Å². The van der Waals surface area contributed by atoms with E-state index < -0.39 is 6.08 Å². The SMILES string of the molecule is Bc1cc(C)c2nc(F)ncc2c1. The van der Waals surface area contributed by atoms with Crippen molar-refractivity contribution in [2.75, 3.05) is 0 Å². The maximum atomic E-state index is 12.7. The summed E-state index contributed by atoms with van der Waals surface area (Å²) >= 11 is 0. The Morgan fingerprint density at radius 2 is 2.15 bits per heavy atom. The van der Waals surface area contributed by atoms with Gasteiger partial charge in [-0.05, 0) is 12.5 Å². The van der Waals surface area contributed by atoms with Crippen LogP contribution < -0.4 is 5.46 Å². The Hall–Kier alpha value is -1.45. The summed E-state index contributed by atoms with van der Waals surface area (Å²) in [5, 5.41) is 0.888. The van der Waals surface area contributed by atoms with Crippen LogP contribution in [0.2, 0.25) is 0 Å². The van der Waals surface area contributed by atoms with Gasteiger partial charge in [0.25, 0.3) is 0 Å². The van der Waals surface area contributed by atoms with Crippen LogP contribution >= 0.6 is 0 Å². The molecule has 0 spiro atoms. The van der Waals surface area contributed by atoms with Crippen molar-refractivity contribution in [3.63, 3.8) is 0 Å². The number of hydrogen-bond acceptors (Lipinski definition) is 2. The molecule has 2 nitrogen and oxygen atoms in total. The molecule has 0 atom stereocenters. The van der Waals surface area contributed by atoms with Crippen LogP contribution in [-0.2, 0) is 0 Å². The molecule has 0 bridgehead atoms. The number of rotatable bonds is 0. The zero-order chi connectivity index (χ0) is 9.42. The van der Waals surface area contributed by atoms with E-state index in [-0.39, 0.29) is 0 Å². The fourth-order valence-corrected chi connectivity index (χ4v) is 1.49. The zero-order valence-electron chi connectivity index (χ0n) is 7.50. The van der Waals surface area contributed by atoms with Gasteiger partial charge < -0.3 is 0 Å². The summed E-state index contributed by atoms with van der Waals surface area (Å²) in [6.45, 7) is 1.92. The summed E-state index contributed by atoms with van der Waals surface area (Å²) in [7, 11) is 2.00. The molecule has 1 aromatic carbocycles. The van der Waals surface area contributed by atoms with E-state index in [2.05, 4.69) is 9.97 Å². The summed E-state index contributed by atoms with van der Waals surface area (Å²) in [6.07, 6.45) is 0.844. The normalized spacial score (nSPS) is 10.6. The number of hydrogen-bond donors (Lipinski definition) is 0. The molecule has 2 rings (SSSR count). The lowest BCUT2D eigenvalue weighted by atomic mass is 9.93. The van der Waals surface area contributed by atoms with Crippen LogP contribution in [0, 0.1) is 13.0 Å². The van der Waals surface area contributed by atoms with Crippen molar-refractivity contribution in [2.45, 2.75) is 6.92 Å². The van der Waals surface area contributed by atoms with Gasteiger partial charge in [-0.2, -0.15) is 4.39 Å². The van der Waals surface area contributed by atoms with Gasteiger partial charge in [0, 0.05) is 11.6 Å². The van der Waals surface area contributed by atoms with E-state index in [1.807, 2.05) is 26.9 Å². The number of benzene rings is 1. The molecule has 0 fully saturated rings. The average Bonchev–Trinajstić information content (AvgIpc) is 2.06. The minimum Gasteiger partial charge on any atom is -0.210 e. The highest BCUT2D eigenvalue weighted by molar-refractivity contribution is 6.33. The van der Waals surface area contributed by atoms with E-state index in [0.717, 1.165) is 16.4 Å². The monoisotopic (exact) mass is 174 g/mol. The van der Waals surface area contributed by atoms with E-state index in [0.29, 0.717) is 5.52 Å². The predicted octanol–water partition coefficient (Wildman–Crippen LogP) is 0.336. The van der Waals surface area contributed by atoms with Crippen molar-refractivity contribution in [3.8, 4) is 0 Å². The third kappa shape index (κ3) is 1.39. The standard InChI is InChI=1S/C9H8BFN2/c1-5-2-7(10)3-6-4-12-9(11)13-8(5)6/h2-4H,10H2,1H3. The van der Waals surface area contributed by atoms with Gasteiger partial charge in [0.2, 0.25) is 0 Å². The van der Waals surface area contributed by atoms with Crippen LogP contribution in [0.1, 0.15) is 5.56 Å². The van der Waals surface area contributed by atoms with E-state index in [1.165, 1.54) is 6.20 Å². The summed E-state index contributed by atoms with van der Waals surface area (Å²) in [5.41, 5.74) is 2.81. The average molecular weight is 174 g/mol. The molecule has 1 heterocycles. The fourth-order valence-electron chi connectivity index (χ4n) is 1.49.